The highest BCUT2D eigenvalue weighted by atomic mass is 19.1. The van der Waals surface area contributed by atoms with Gasteiger partial charge in [-0.2, -0.15) is 0 Å². The minimum atomic E-state index is -0.244. The van der Waals surface area contributed by atoms with Gasteiger partial charge in [0.2, 0.25) is 0 Å². The standard InChI is InChI=1S/C14H21FN4/c1-4-11-12(15)13(18-8-17-11)19-7-9-5-16-6-10(9)14(19,2)3/h8-10,16H,4-7H2,1-3H3. The van der Waals surface area contributed by atoms with Gasteiger partial charge in [-0.3, -0.25) is 0 Å². The molecule has 2 fully saturated rings. The molecule has 2 aliphatic heterocycles. The molecule has 2 aliphatic rings. The molecule has 2 unspecified atom stereocenters. The summed E-state index contributed by atoms with van der Waals surface area (Å²) in [5, 5.41) is 3.44. The van der Waals surface area contributed by atoms with Crippen LogP contribution in [0.4, 0.5) is 10.2 Å². The van der Waals surface area contributed by atoms with Gasteiger partial charge in [0.05, 0.1) is 5.69 Å². The third-order valence-corrected chi connectivity index (χ3v) is 4.79. The molecule has 0 saturated carbocycles. The number of anilines is 1. The molecule has 19 heavy (non-hydrogen) atoms. The Morgan fingerprint density at radius 1 is 1.42 bits per heavy atom. The highest BCUT2D eigenvalue weighted by Gasteiger charge is 2.50. The van der Waals surface area contributed by atoms with E-state index >= 15 is 0 Å². The summed E-state index contributed by atoms with van der Waals surface area (Å²) in [6, 6.07) is 0. The van der Waals surface area contributed by atoms with E-state index in [9.17, 15) is 4.39 Å². The number of hydrogen-bond donors (Lipinski definition) is 1. The van der Waals surface area contributed by atoms with Crippen LogP contribution in [0.1, 0.15) is 26.5 Å². The van der Waals surface area contributed by atoms with E-state index in [1.54, 1.807) is 0 Å². The van der Waals surface area contributed by atoms with Gasteiger partial charge in [-0.1, -0.05) is 6.92 Å². The summed E-state index contributed by atoms with van der Waals surface area (Å²) in [4.78, 5) is 10.4. The Morgan fingerprint density at radius 3 is 2.89 bits per heavy atom. The molecule has 0 bridgehead atoms. The lowest BCUT2D eigenvalue weighted by Crippen LogP contribution is -2.45. The maximum atomic E-state index is 14.5. The normalized spacial score (nSPS) is 28.7. The highest BCUT2D eigenvalue weighted by Crippen LogP contribution is 2.43. The Balaban J connectivity index is 1.99. The van der Waals surface area contributed by atoms with Crippen molar-refractivity contribution < 1.29 is 4.39 Å². The van der Waals surface area contributed by atoms with Gasteiger partial charge in [-0.05, 0) is 32.1 Å². The Bertz CT molecular complexity index is 488. The van der Waals surface area contributed by atoms with Crippen molar-refractivity contribution in [2.24, 2.45) is 11.8 Å². The van der Waals surface area contributed by atoms with Gasteiger partial charge in [-0.15, -0.1) is 0 Å². The van der Waals surface area contributed by atoms with Crippen LogP contribution >= 0.6 is 0 Å². The van der Waals surface area contributed by atoms with Crippen LogP contribution in [0.5, 0.6) is 0 Å². The molecule has 1 N–H and O–H groups in total. The summed E-state index contributed by atoms with van der Waals surface area (Å²) in [5.41, 5.74) is 0.449. The van der Waals surface area contributed by atoms with Crippen LogP contribution < -0.4 is 10.2 Å². The second kappa shape index (κ2) is 4.40. The molecule has 5 heteroatoms. The first kappa shape index (κ1) is 12.8. The monoisotopic (exact) mass is 264 g/mol. The van der Waals surface area contributed by atoms with Crippen LogP contribution in [0.25, 0.3) is 0 Å². The van der Waals surface area contributed by atoms with Gasteiger partial charge in [0, 0.05) is 25.2 Å². The topological polar surface area (TPSA) is 41.1 Å². The average Bonchev–Trinajstić information content (AvgIpc) is 2.93. The summed E-state index contributed by atoms with van der Waals surface area (Å²) in [6.07, 6.45) is 2.09. The highest BCUT2D eigenvalue weighted by molar-refractivity contribution is 5.47. The summed E-state index contributed by atoms with van der Waals surface area (Å²) >= 11 is 0. The number of nitrogens with one attached hydrogen (secondary N) is 1. The average molecular weight is 264 g/mol. The van der Waals surface area contributed by atoms with Crippen LogP contribution in [0.2, 0.25) is 0 Å². The second-order valence-corrected chi connectivity index (χ2v) is 6.10. The number of hydrogen-bond acceptors (Lipinski definition) is 4. The van der Waals surface area contributed by atoms with Gasteiger partial charge >= 0.3 is 0 Å². The van der Waals surface area contributed by atoms with Crippen molar-refractivity contribution in [2.75, 3.05) is 24.5 Å². The van der Waals surface area contributed by atoms with Crippen LogP contribution in [0, 0.1) is 17.7 Å². The van der Waals surface area contributed by atoms with Crippen molar-refractivity contribution in [1.82, 2.24) is 15.3 Å². The van der Waals surface area contributed by atoms with E-state index in [0.717, 1.165) is 19.6 Å². The molecule has 0 radical (unpaired) electrons. The third kappa shape index (κ3) is 1.83. The molecule has 2 saturated heterocycles. The van der Waals surface area contributed by atoms with Gasteiger partial charge in [0.1, 0.15) is 6.33 Å². The number of halogens is 1. The van der Waals surface area contributed by atoms with E-state index < -0.39 is 0 Å². The largest absolute Gasteiger partial charge is 0.348 e. The van der Waals surface area contributed by atoms with Crippen molar-refractivity contribution in [2.45, 2.75) is 32.7 Å². The number of aromatic nitrogens is 2. The van der Waals surface area contributed by atoms with Crippen molar-refractivity contribution in [3.8, 4) is 0 Å². The summed E-state index contributed by atoms with van der Waals surface area (Å²) in [6.45, 7) is 9.22. The molecule has 0 aromatic carbocycles. The first-order valence-electron chi connectivity index (χ1n) is 7.03. The van der Waals surface area contributed by atoms with Gasteiger partial charge < -0.3 is 10.2 Å². The molecule has 0 aliphatic carbocycles. The van der Waals surface area contributed by atoms with Crippen molar-refractivity contribution in [1.29, 1.82) is 0 Å². The predicted octanol–water partition coefficient (Wildman–Crippen LogP) is 1.61. The Hall–Kier alpha value is -1.23. The lowest BCUT2D eigenvalue weighted by atomic mass is 9.85. The smallest absolute Gasteiger partial charge is 0.187 e. The lowest BCUT2D eigenvalue weighted by Gasteiger charge is -2.36. The molecular weight excluding hydrogens is 243 g/mol. The zero-order chi connectivity index (χ0) is 13.6. The van der Waals surface area contributed by atoms with Crippen molar-refractivity contribution in [3.63, 3.8) is 0 Å². The number of fused-ring (bicyclic) bond motifs is 1. The van der Waals surface area contributed by atoms with Gasteiger partial charge in [0.15, 0.2) is 11.6 Å². The summed E-state index contributed by atoms with van der Waals surface area (Å²) < 4.78 is 14.5. The number of rotatable bonds is 2. The van der Waals surface area contributed by atoms with Crippen LogP contribution in [-0.4, -0.2) is 35.1 Å². The maximum Gasteiger partial charge on any atom is 0.187 e. The minimum Gasteiger partial charge on any atom is -0.348 e. The lowest BCUT2D eigenvalue weighted by molar-refractivity contribution is 0.354. The fraction of sp³-hybridized carbons (Fsp3) is 0.714. The molecule has 2 atom stereocenters. The fourth-order valence-electron chi connectivity index (χ4n) is 3.61. The van der Waals surface area contributed by atoms with E-state index in [2.05, 4.69) is 34.0 Å². The van der Waals surface area contributed by atoms with Crippen LogP contribution in [0.15, 0.2) is 6.33 Å². The van der Waals surface area contributed by atoms with E-state index in [-0.39, 0.29) is 11.4 Å². The maximum absolute atomic E-state index is 14.5. The molecule has 1 aromatic heterocycles. The van der Waals surface area contributed by atoms with E-state index in [4.69, 9.17) is 0 Å². The molecule has 3 heterocycles. The van der Waals surface area contributed by atoms with Crippen molar-refractivity contribution in [3.05, 3.63) is 17.8 Å². The van der Waals surface area contributed by atoms with E-state index in [0.29, 0.717) is 29.8 Å². The quantitative estimate of drug-likeness (QED) is 0.881. The Labute approximate surface area is 113 Å². The molecule has 0 spiro atoms. The summed E-state index contributed by atoms with van der Waals surface area (Å²) in [5.74, 6) is 1.39. The van der Waals surface area contributed by atoms with Crippen LogP contribution in [-0.2, 0) is 6.42 Å². The van der Waals surface area contributed by atoms with Crippen molar-refractivity contribution >= 4 is 5.82 Å². The van der Waals surface area contributed by atoms with Gasteiger partial charge in [0.25, 0.3) is 0 Å². The second-order valence-electron chi connectivity index (χ2n) is 6.10. The Morgan fingerprint density at radius 2 is 2.21 bits per heavy atom. The molecule has 4 nitrogen and oxygen atoms in total. The zero-order valence-electron chi connectivity index (χ0n) is 11.8. The molecule has 1 aromatic rings. The molecular formula is C14H21FN4. The first-order chi connectivity index (χ1) is 9.05. The number of aryl methyl sites for hydroxylation is 1. The van der Waals surface area contributed by atoms with Crippen LogP contribution in [0.3, 0.4) is 0 Å². The van der Waals surface area contributed by atoms with E-state index in [1.165, 1.54) is 6.33 Å². The molecule has 0 amide bonds. The summed E-state index contributed by atoms with van der Waals surface area (Å²) in [7, 11) is 0. The molecule has 3 rings (SSSR count). The zero-order valence-corrected chi connectivity index (χ0v) is 11.8. The predicted molar refractivity (Wildman–Crippen MR) is 72.6 cm³/mol. The first-order valence-corrected chi connectivity index (χ1v) is 7.03. The minimum absolute atomic E-state index is 0.0611. The van der Waals surface area contributed by atoms with E-state index in [1.807, 2.05) is 6.92 Å². The number of nitrogens with zero attached hydrogens (tertiary/aromatic N) is 3. The third-order valence-electron chi connectivity index (χ3n) is 4.79. The van der Waals surface area contributed by atoms with Gasteiger partial charge in [-0.25, -0.2) is 14.4 Å². The molecule has 104 valence electrons. The fourth-order valence-corrected chi connectivity index (χ4v) is 3.61. The Kier molecular flexibility index (Phi) is 2.96. The SMILES string of the molecule is CCc1ncnc(N2CC3CNCC3C2(C)C)c1F.